The predicted molar refractivity (Wildman–Crippen MR) is 96.0 cm³/mol. The molecule has 0 amide bonds. The number of hydrazone groups is 1. The average molecular weight is 350 g/mol. The van der Waals surface area contributed by atoms with Crippen molar-refractivity contribution < 1.29 is 10.2 Å². The molecule has 0 aromatic heterocycles. The molecule has 7 heteroatoms. The van der Waals surface area contributed by atoms with Crippen molar-refractivity contribution in [1.82, 2.24) is 10.3 Å². The van der Waals surface area contributed by atoms with Gasteiger partial charge < -0.3 is 15.5 Å². The lowest BCUT2D eigenvalue weighted by Gasteiger charge is -2.15. The zero-order valence-corrected chi connectivity index (χ0v) is 14.0. The number of halogens is 1. The van der Waals surface area contributed by atoms with Crippen LogP contribution in [0.1, 0.15) is 11.1 Å². The quantitative estimate of drug-likeness (QED) is 0.342. The largest absolute Gasteiger partial charge is 0.504 e. The minimum absolute atomic E-state index is 0.0545. The number of benzene rings is 2. The summed E-state index contributed by atoms with van der Waals surface area (Å²) >= 11 is 11.0. The van der Waals surface area contributed by atoms with Gasteiger partial charge in [0.15, 0.2) is 16.6 Å². The molecule has 0 bridgehead atoms. The van der Waals surface area contributed by atoms with Crippen LogP contribution < -0.4 is 5.32 Å². The minimum atomic E-state index is -0.350. The predicted octanol–water partition coefficient (Wildman–Crippen LogP) is 3.09. The fourth-order valence-electron chi connectivity index (χ4n) is 1.77. The fourth-order valence-corrected chi connectivity index (χ4v) is 2.12. The van der Waals surface area contributed by atoms with Gasteiger partial charge >= 0.3 is 0 Å². The normalized spacial score (nSPS) is 10.7. The molecule has 23 heavy (non-hydrogen) atoms. The van der Waals surface area contributed by atoms with Gasteiger partial charge in [-0.2, -0.15) is 5.10 Å². The average Bonchev–Trinajstić information content (AvgIpc) is 2.56. The molecule has 3 N–H and O–H groups in total. The molecule has 2 aromatic rings. The Balaban J connectivity index is 1.95. The molecule has 0 radical (unpaired) electrons. The van der Waals surface area contributed by atoms with Gasteiger partial charge in [-0.15, -0.1) is 0 Å². The van der Waals surface area contributed by atoms with Crippen molar-refractivity contribution in [2.45, 2.75) is 6.54 Å². The van der Waals surface area contributed by atoms with E-state index in [4.69, 9.17) is 23.8 Å². The van der Waals surface area contributed by atoms with Gasteiger partial charge in [-0.3, -0.25) is 0 Å². The van der Waals surface area contributed by atoms with Gasteiger partial charge in [0.1, 0.15) is 0 Å². The lowest BCUT2D eigenvalue weighted by atomic mass is 10.2. The Morgan fingerprint density at radius 1 is 1.30 bits per heavy atom. The lowest BCUT2D eigenvalue weighted by Crippen LogP contribution is -2.33. The first kappa shape index (κ1) is 17.1. The Labute approximate surface area is 144 Å². The second-order valence-corrected chi connectivity index (χ2v) is 5.58. The van der Waals surface area contributed by atoms with E-state index in [1.54, 1.807) is 7.05 Å². The van der Waals surface area contributed by atoms with Crippen LogP contribution in [-0.2, 0) is 6.54 Å². The summed E-state index contributed by atoms with van der Waals surface area (Å²) in [6.07, 6.45) is 1.49. The second kappa shape index (κ2) is 7.80. The van der Waals surface area contributed by atoms with E-state index >= 15 is 0 Å². The molecular formula is C16H16ClN3O2S. The maximum atomic E-state index is 9.52. The Bertz CT molecular complexity index is 700. The van der Waals surface area contributed by atoms with Gasteiger partial charge in [0.2, 0.25) is 0 Å². The van der Waals surface area contributed by atoms with Crippen LogP contribution in [0.2, 0.25) is 5.02 Å². The number of thiocarbonyl (C=S) groups is 1. The third-order valence-corrected chi connectivity index (χ3v) is 3.72. The highest BCUT2D eigenvalue weighted by molar-refractivity contribution is 7.80. The lowest BCUT2D eigenvalue weighted by molar-refractivity contribution is 0.404. The summed E-state index contributed by atoms with van der Waals surface area (Å²) in [7, 11) is 1.71. The van der Waals surface area contributed by atoms with E-state index in [9.17, 15) is 10.2 Å². The molecule has 0 aliphatic heterocycles. The molecule has 0 atom stereocenters. The van der Waals surface area contributed by atoms with Crippen LogP contribution in [0.25, 0.3) is 0 Å². The van der Waals surface area contributed by atoms with Gasteiger partial charge in [-0.1, -0.05) is 41.9 Å². The third-order valence-electron chi connectivity index (χ3n) is 3.03. The van der Waals surface area contributed by atoms with Crippen molar-refractivity contribution in [2.75, 3.05) is 7.05 Å². The monoisotopic (exact) mass is 349 g/mol. The standard InChI is InChI=1S/C16H16ClN3O2S/c1-20(16(23)18-9-11-5-3-2-4-6-11)19-10-12-7-13(17)15(22)14(21)8-12/h2-8,10,21-22H,9H2,1H3,(H,18,23)/b19-10+. The summed E-state index contributed by atoms with van der Waals surface area (Å²) in [6.45, 7) is 0.603. The van der Waals surface area contributed by atoms with Gasteiger partial charge in [-0.25, -0.2) is 5.01 Å². The molecule has 120 valence electrons. The second-order valence-electron chi connectivity index (χ2n) is 4.78. The maximum Gasteiger partial charge on any atom is 0.189 e. The highest BCUT2D eigenvalue weighted by Crippen LogP contribution is 2.33. The van der Waals surface area contributed by atoms with Crippen molar-refractivity contribution in [3.8, 4) is 11.5 Å². The first-order chi connectivity index (χ1) is 11.0. The smallest absolute Gasteiger partial charge is 0.189 e. The SMILES string of the molecule is CN(/N=C/c1cc(O)c(O)c(Cl)c1)C(=S)NCc1ccccc1. The first-order valence-electron chi connectivity index (χ1n) is 6.78. The van der Waals surface area contributed by atoms with Gasteiger partial charge in [0.05, 0.1) is 11.2 Å². The summed E-state index contributed by atoms with van der Waals surface area (Å²) in [5, 5.41) is 28.2. The number of phenolic OH excluding ortho intramolecular Hbond substituents is 2. The Morgan fingerprint density at radius 2 is 2.00 bits per heavy atom. The Hall–Kier alpha value is -2.31. The molecule has 0 fully saturated rings. The number of aromatic hydroxyl groups is 2. The van der Waals surface area contributed by atoms with E-state index in [0.717, 1.165) is 5.56 Å². The van der Waals surface area contributed by atoms with E-state index in [1.807, 2.05) is 30.3 Å². The number of rotatable bonds is 4. The number of hydrogen-bond acceptors (Lipinski definition) is 4. The molecule has 2 rings (SSSR count). The van der Waals surface area contributed by atoms with E-state index < -0.39 is 0 Å². The van der Waals surface area contributed by atoms with E-state index in [-0.39, 0.29) is 16.5 Å². The zero-order valence-electron chi connectivity index (χ0n) is 12.4. The van der Waals surface area contributed by atoms with Crippen molar-refractivity contribution in [2.24, 2.45) is 5.10 Å². The maximum absolute atomic E-state index is 9.52. The molecule has 0 aliphatic rings. The Morgan fingerprint density at radius 3 is 2.65 bits per heavy atom. The molecule has 0 saturated carbocycles. The summed E-state index contributed by atoms with van der Waals surface area (Å²) in [5.74, 6) is -0.649. The van der Waals surface area contributed by atoms with Gasteiger partial charge in [0, 0.05) is 13.6 Å². The number of nitrogens with zero attached hydrogens (tertiary/aromatic N) is 2. The molecule has 0 heterocycles. The molecule has 0 aliphatic carbocycles. The summed E-state index contributed by atoms with van der Waals surface area (Å²) in [4.78, 5) is 0. The number of nitrogens with one attached hydrogen (secondary N) is 1. The van der Waals surface area contributed by atoms with Crippen LogP contribution in [0.3, 0.4) is 0 Å². The molecule has 5 nitrogen and oxygen atoms in total. The summed E-state index contributed by atoms with van der Waals surface area (Å²) in [5.41, 5.74) is 1.66. The number of hydrogen-bond donors (Lipinski definition) is 3. The van der Waals surface area contributed by atoms with Crippen LogP contribution in [0.15, 0.2) is 47.6 Å². The fraction of sp³-hybridized carbons (Fsp3) is 0.125. The Kier molecular flexibility index (Phi) is 5.78. The van der Waals surface area contributed by atoms with Crippen LogP contribution in [0, 0.1) is 0 Å². The van der Waals surface area contributed by atoms with E-state index in [1.165, 1.54) is 23.4 Å². The summed E-state index contributed by atoms with van der Waals surface area (Å²) < 4.78 is 0. The van der Waals surface area contributed by atoms with E-state index in [0.29, 0.717) is 17.2 Å². The molecule has 0 unspecified atom stereocenters. The van der Waals surface area contributed by atoms with Crippen LogP contribution in [0.4, 0.5) is 0 Å². The van der Waals surface area contributed by atoms with Crippen molar-refractivity contribution in [3.63, 3.8) is 0 Å². The molecular weight excluding hydrogens is 334 g/mol. The van der Waals surface area contributed by atoms with Crippen LogP contribution >= 0.6 is 23.8 Å². The van der Waals surface area contributed by atoms with Gasteiger partial charge in [-0.05, 0) is 35.5 Å². The zero-order chi connectivity index (χ0) is 16.8. The third kappa shape index (κ3) is 4.84. The van der Waals surface area contributed by atoms with Crippen LogP contribution in [0.5, 0.6) is 11.5 Å². The topological polar surface area (TPSA) is 68.1 Å². The van der Waals surface area contributed by atoms with Crippen molar-refractivity contribution in [3.05, 3.63) is 58.6 Å². The highest BCUT2D eigenvalue weighted by Gasteiger charge is 2.07. The summed E-state index contributed by atoms with van der Waals surface area (Å²) in [6, 6.07) is 12.7. The van der Waals surface area contributed by atoms with Crippen molar-refractivity contribution >= 4 is 35.1 Å². The van der Waals surface area contributed by atoms with Crippen LogP contribution in [-0.4, -0.2) is 33.6 Å². The minimum Gasteiger partial charge on any atom is -0.504 e. The van der Waals surface area contributed by atoms with Gasteiger partial charge in [0.25, 0.3) is 0 Å². The molecule has 0 saturated heterocycles. The number of phenols is 2. The molecule has 0 spiro atoms. The molecule has 2 aromatic carbocycles. The van der Waals surface area contributed by atoms with E-state index in [2.05, 4.69) is 10.4 Å². The van der Waals surface area contributed by atoms with Crippen molar-refractivity contribution in [1.29, 1.82) is 0 Å². The first-order valence-corrected chi connectivity index (χ1v) is 7.57. The highest BCUT2D eigenvalue weighted by atomic mass is 35.5.